The van der Waals surface area contributed by atoms with Crippen molar-refractivity contribution in [1.29, 1.82) is 0 Å². The Hall–Kier alpha value is -3.09. The van der Waals surface area contributed by atoms with Gasteiger partial charge in [0.15, 0.2) is 5.82 Å². The highest BCUT2D eigenvalue weighted by atomic mass is 16.6. The van der Waals surface area contributed by atoms with E-state index in [9.17, 15) is 4.79 Å². The van der Waals surface area contributed by atoms with E-state index in [2.05, 4.69) is 20.7 Å². The number of aromatic nitrogens is 3. The second kappa shape index (κ2) is 7.65. The first-order chi connectivity index (χ1) is 12.8. The molecule has 1 aromatic carbocycles. The van der Waals surface area contributed by atoms with E-state index in [1.165, 1.54) is 0 Å². The maximum absolute atomic E-state index is 11.8. The lowest BCUT2D eigenvalue weighted by molar-refractivity contribution is 0.0636. The zero-order valence-electron chi connectivity index (χ0n) is 16.1. The van der Waals surface area contributed by atoms with Crippen LogP contribution in [0.3, 0.4) is 0 Å². The second-order valence-corrected chi connectivity index (χ2v) is 7.39. The van der Waals surface area contributed by atoms with Gasteiger partial charge in [0.1, 0.15) is 11.1 Å². The molecule has 2 heterocycles. The van der Waals surface area contributed by atoms with Gasteiger partial charge in [0.05, 0.1) is 5.69 Å². The summed E-state index contributed by atoms with van der Waals surface area (Å²) in [5.41, 5.74) is 3.28. The summed E-state index contributed by atoms with van der Waals surface area (Å²) in [4.78, 5) is 16.2. The van der Waals surface area contributed by atoms with Gasteiger partial charge in [-0.05, 0) is 57.9 Å². The van der Waals surface area contributed by atoms with Crippen molar-refractivity contribution in [1.82, 2.24) is 14.6 Å². The molecular formula is C20H25N5O2. The van der Waals surface area contributed by atoms with E-state index in [1.807, 2.05) is 68.7 Å². The maximum atomic E-state index is 11.8. The molecule has 0 saturated carbocycles. The summed E-state index contributed by atoms with van der Waals surface area (Å²) >= 11 is 0. The predicted molar refractivity (Wildman–Crippen MR) is 106 cm³/mol. The highest BCUT2D eigenvalue weighted by molar-refractivity contribution is 5.84. The number of carbonyl (C=O) groups excluding carboxylic acids is 1. The average Bonchev–Trinajstić information content (AvgIpc) is 2.96. The maximum Gasteiger partial charge on any atom is 0.412 e. The summed E-state index contributed by atoms with van der Waals surface area (Å²) in [6.07, 6.45) is 3.96. The van der Waals surface area contributed by atoms with Crippen LogP contribution in [0.4, 0.5) is 16.3 Å². The summed E-state index contributed by atoms with van der Waals surface area (Å²) in [5, 5.41) is 10.5. The fourth-order valence-corrected chi connectivity index (χ4v) is 2.68. The van der Waals surface area contributed by atoms with E-state index < -0.39 is 11.7 Å². The molecule has 0 spiro atoms. The van der Waals surface area contributed by atoms with Gasteiger partial charge in [-0.2, -0.15) is 5.10 Å². The van der Waals surface area contributed by atoms with Crippen LogP contribution in [0, 0.1) is 6.92 Å². The van der Waals surface area contributed by atoms with Crippen molar-refractivity contribution in [2.45, 2.75) is 39.7 Å². The summed E-state index contributed by atoms with van der Waals surface area (Å²) in [7, 11) is 0. The van der Waals surface area contributed by atoms with E-state index >= 15 is 0 Å². The number of amides is 1. The number of ether oxygens (including phenoxy) is 1. The van der Waals surface area contributed by atoms with E-state index in [-0.39, 0.29) is 0 Å². The van der Waals surface area contributed by atoms with Gasteiger partial charge < -0.3 is 10.1 Å². The van der Waals surface area contributed by atoms with Crippen LogP contribution in [0.25, 0.3) is 5.52 Å². The van der Waals surface area contributed by atoms with Crippen molar-refractivity contribution in [3.63, 3.8) is 0 Å². The largest absolute Gasteiger partial charge is 0.444 e. The molecule has 0 atom stereocenters. The topological polar surface area (TPSA) is 80.5 Å². The van der Waals surface area contributed by atoms with Crippen molar-refractivity contribution in [2.24, 2.45) is 0 Å². The normalized spacial score (nSPS) is 11.4. The average molecular weight is 367 g/mol. The van der Waals surface area contributed by atoms with Gasteiger partial charge in [-0.1, -0.05) is 12.1 Å². The summed E-state index contributed by atoms with van der Waals surface area (Å²) < 4.78 is 7.07. The Balaban J connectivity index is 1.53. The van der Waals surface area contributed by atoms with Gasteiger partial charge >= 0.3 is 6.09 Å². The van der Waals surface area contributed by atoms with Gasteiger partial charge in [-0.25, -0.2) is 14.3 Å². The summed E-state index contributed by atoms with van der Waals surface area (Å²) in [6.45, 7) is 8.22. The number of hydrogen-bond acceptors (Lipinski definition) is 5. The van der Waals surface area contributed by atoms with Crippen molar-refractivity contribution in [3.05, 3.63) is 54.0 Å². The highest BCUT2D eigenvalue weighted by Crippen LogP contribution is 2.16. The van der Waals surface area contributed by atoms with E-state index in [4.69, 9.17) is 4.74 Å². The molecule has 142 valence electrons. The Morgan fingerprint density at radius 3 is 2.67 bits per heavy atom. The van der Waals surface area contributed by atoms with Crippen LogP contribution < -0.4 is 10.6 Å². The Bertz CT molecular complexity index is 926. The first-order valence-corrected chi connectivity index (χ1v) is 8.94. The molecule has 0 saturated heterocycles. The van der Waals surface area contributed by atoms with Gasteiger partial charge in [-0.15, -0.1) is 0 Å². The summed E-state index contributed by atoms with van der Waals surface area (Å²) in [5.74, 6) is 0.821. The number of nitrogens with one attached hydrogen (secondary N) is 2. The zero-order valence-corrected chi connectivity index (χ0v) is 16.1. The molecule has 0 unspecified atom stereocenters. The zero-order chi connectivity index (χ0) is 19.4. The van der Waals surface area contributed by atoms with Crippen LogP contribution in [-0.4, -0.2) is 32.8 Å². The number of carbonyl (C=O) groups is 1. The number of fused-ring (bicyclic) bond motifs is 1. The summed E-state index contributed by atoms with van der Waals surface area (Å²) in [6, 6.07) is 9.74. The molecular weight excluding hydrogens is 342 g/mol. The molecule has 3 rings (SSSR count). The molecule has 2 N–H and O–H groups in total. The third kappa shape index (κ3) is 5.20. The number of nitrogens with zero attached hydrogens (tertiary/aromatic N) is 3. The van der Waals surface area contributed by atoms with E-state index in [0.717, 1.165) is 35.6 Å². The predicted octanol–water partition coefficient (Wildman–Crippen LogP) is 4.04. The Kier molecular flexibility index (Phi) is 5.30. The standard InChI is InChI=1S/C20H25N5O2/c1-14-13-17-18(22-11-12-25(17)24-14)21-10-9-15-5-7-16(8-6-15)23-19(26)27-20(2,3)4/h5-8,11-13H,9-10H2,1-4H3,(H,21,22)(H,23,26). The van der Waals surface area contributed by atoms with Crippen molar-refractivity contribution in [3.8, 4) is 0 Å². The van der Waals surface area contributed by atoms with E-state index in [0.29, 0.717) is 5.69 Å². The lowest BCUT2D eigenvalue weighted by Crippen LogP contribution is -2.27. The number of hydrogen-bond donors (Lipinski definition) is 2. The fourth-order valence-electron chi connectivity index (χ4n) is 2.68. The van der Waals surface area contributed by atoms with Crippen LogP contribution in [0.5, 0.6) is 0 Å². The van der Waals surface area contributed by atoms with Crippen molar-refractivity contribution >= 4 is 23.1 Å². The van der Waals surface area contributed by atoms with Crippen LogP contribution in [0.2, 0.25) is 0 Å². The molecule has 7 heteroatoms. The van der Waals surface area contributed by atoms with Gasteiger partial charge in [0, 0.05) is 24.6 Å². The van der Waals surface area contributed by atoms with Gasteiger partial charge in [-0.3, -0.25) is 5.32 Å². The van der Waals surface area contributed by atoms with Gasteiger partial charge in [0.2, 0.25) is 0 Å². The lowest BCUT2D eigenvalue weighted by atomic mass is 10.1. The first-order valence-electron chi connectivity index (χ1n) is 8.94. The Morgan fingerprint density at radius 2 is 1.96 bits per heavy atom. The number of aryl methyl sites for hydroxylation is 1. The van der Waals surface area contributed by atoms with Crippen LogP contribution in [0.1, 0.15) is 32.0 Å². The number of rotatable bonds is 5. The smallest absolute Gasteiger partial charge is 0.412 e. The molecule has 0 fully saturated rings. The molecule has 1 amide bonds. The van der Waals surface area contributed by atoms with E-state index in [1.54, 1.807) is 6.20 Å². The SMILES string of the molecule is Cc1cc2c(NCCc3ccc(NC(=O)OC(C)(C)C)cc3)nccn2n1. The van der Waals surface area contributed by atoms with Crippen molar-refractivity contribution < 1.29 is 9.53 Å². The Labute approximate surface area is 158 Å². The second-order valence-electron chi connectivity index (χ2n) is 7.39. The number of benzene rings is 1. The quantitative estimate of drug-likeness (QED) is 0.711. The minimum absolute atomic E-state index is 0.452. The molecule has 2 aromatic heterocycles. The third-order valence-electron chi connectivity index (χ3n) is 3.82. The lowest BCUT2D eigenvalue weighted by Gasteiger charge is -2.19. The minimum Gasteiger partial charge on any atom is -0.444 e. The van der Waals surface area contributed by atoms with Crippen LogP contribution >= 0.6 is 0 Å². The van der Waals surface area contributed by atoms with Crippen LogP contribution in [-0.2, 0) is 11.2 Å². The molecule has 0 aliphatic rings. The third-order valence-corrected chi connectivity index (χ3v) is 3.82. The minimum atomic E-state index is -0.513. The molecule has 0 aliphatic heterocycles. The molecule has 3 aromatic rings. The van der Waals surface area contributed by atoms with Crippen molar-refractivity contribution in [2.75, 3.05) is 17.2 Å². The van der Waals surface area contributed by atoms with Gasteiger partial charge in [0.25, 0.3) is 0 Å². The molecule has 7 nitrogen and oxygen atoms in total. The molecule has 0 bridgehead atoms. The number of anilines is 2. The molecule has 0 aliphatic carbocycles. The highest BCUT2D eigenvalue weighted by Gasteiger charge is 2.16. The fraction of sp³-hybridized carbons (Fsp3) is 0.350. The van der Waals surface area contributed by atoms with Crippen LogP contribution in [0.15, 0.2) is 42.7 Å². The monoisotopic (exact) mass is 367 g/mol. The Morgan fingerprint density at radius 1 is 1.22 bits per heavy atom. The molecule has 0 radical (unpaired) electrons. The molecule has 27 heavy (non-hydrogen) atoms. The first kappa shape index (κ1) is 18.7.